The van der Waals surface area contributed by atoms with Gasteiger partial charge < -0.3 is 19.6 Å². The van der Waals surface area contributed by atoms with Crippen molar-refractivity contribution in [3.63, 3.8) is 0 Å². The largest absolute Gasteiger partial charge is 0.371 e. The molecule has 1 aromatic rings. The van der Waals surface area contributed by atoms with Crippen LogP contribution in [0.5, 0.6) is 0 Å². The fourth-order valence-corrected chi connectivity index (χ4v) is 4.97. The van der Waals surface area contributed by atoms with Gasteiger partial charge >= 0.3 is 6.03 Å². The number of piperazine rings is 1. The molecule has 7 nitrogen and oxygen atoms in total. The molecule has 0 unspecified atom stereocenters. The van der Waals surface area contributed by atoms with E-state index in [0.29, 0.717) is 31.6 Å². The summed E-state index contributed by atoms with van der Waals surface area (Å²) in [6.07, 6.45) is 7.07. The number of amides is 3. The molecule has 7 heteroatoms. The van der Waals surface area contributed by atoms with Gasteiger partial charge in [0.25, 0.3) is 0 Å². The summed E-state index contributed by atoms with van der Waals surface area (Å²) in [5, 5.41) is 0. The van der Waals surface area contributed by atoms with Crippen LogP contribution in [0, 0.1) is 11.3 Å². The lowest BCUT2D eigenvalue weighted by Gasteiger charge is -2.43. The Morgan fingerprint density at radius 2 is 1.35 bits per heavy atom. The smallest absolute Gasteiger partial charge is 0.320 e. The number of hydrogen-bond acceptors (Lipinski definition) is 4. The highest BCUT2D eigenvalue weighted by atomic mass is 16.2. The maximum Gasteiger partial charge on any atom is 0.320 e. The van der Waals surface area contributed by atoms with Crippen LogP contribution in [0.15, 0.2) is 24.5 Å². The van der Waals surface area contributed by atoms with Crippen molar-refractivity contribution >= 4 is 17.6 Å². The number of rotatable bonds is 2. The fourth-order valence-electron chi connectivity index (χ4n) is 4.97. The average Bonchev–Trinajstić information content (AvgIpc) is 3.24. The Morgan fingerprint density at radius 3 is 1.94 bits per heavy atom. The zero-order valence-electron chi connectivity index (χ0n) is 19.7. The molecular weight excluding hydrogens is 390 g/mol. The molecule has 4 rings (SSSR count). The highest BCUT2D eigenvalue weighted by molar-refractivity contribution is 5.79. The first kappa shape index (κ1) is 23.4. The van der Waals surface area contributed by atoms with Gasteiger partial charge in [0.15, 0.2) is 0 Å². The molecule has 3 saturated heterocycles. The Bertz CT molecular complexity index is 723. The van der Waals surface area contributed by atoms with E-state index in [4.69, 9.17) is 0 Å². The van der Waals surface area contributed by atoms with Gasteiger partial charge in [-0.1, -0.05) is 27.7 Å². The van der Waals surface area contributed by atoms with Crippen molar-refractivity contribution in [1.82, 2.24) is 19.7 Å². The number of piperidine rings is 1. The van der Waals surface area contributed by atoms with Gasteiger partial charge in [-0.15, -0.1) is 0 Å². The van der Waals surface area contributed by atoms with Crippen LogP contribution in [0.25, 0.3) is 0 Å². The van der Waals surface area contributed by atoms with Crippen molar-refractivity contribution in [2.24, 2.45) is 11.3 Å². The standard InChI is InChI=1S/C22H33N5O2.C2H6/c1-18(2)20(28)24-13-15-26(16-14-24)21(29)25-10-5-22(6-11-25)7-12-27(17-22)19-3-8-23-9-4-19;1-2/h3-4,8-9,18H,5-7,10-17H2,1-2H3;1-2H3. The minimum Gasteiger partial charge on any atom is -0.371 e. The summed E-state index contributed by atoms with van der Waals surface area (Å²) in [5.41, 5.74) is 1.59. The second-order valence-corrected chi connectivity index (χ2v) is 9.11. The number of urea groups is 1. The molecule has 0 bridgehead atoms. The van der Waals surface area contributed by atoms with Gasteiger partial charge in [-0.2, -0.15) is 0 Å². The summed E-state index contributed by atoms with van der Waals surface area (Å²) in [6, 6.07) is 4.32. The molecule has 3 fully saturated rings. The van der Waals surface area contributed by atoms with Crippen molar-refractivity contribution in [2.45, 2.75) is 47.0 Å². The third-order valence-electron chi connectivity index (χ3n) is 6.92. The molecule has 1 aromatic heterocycles. The molecule has 3 amide bonds. The molecule has 3 aliphatic heterocycles. The van der Waals surface area contributed by atoms with E-state index in [1.807, 2.05) is 54.8 Å². The normalized spacial score (nSPS) is 20.7. The summed E-state index contributed by atoms with van der Waals surface area (Å²) in [5.74, 6) is 0.214. The Kier molecular flexibility index (Phi) is 7.79. The van der Waals surface area contributed by atoms with Crippen LogP contribution in [-0.2, 0) is 4.79 Å². The maximum absolute atomic E-state index is 13.0. The van der Waals surface area contributed by atoms with Crippen molar-refractivity contribution in [1.29, 1.82) is 0 Å². The predicted molar refractivity (Wildman–Crippen MR) is 124 cm³/mol. The summed E-state index contributed by atoms with van der Waals surface area (Å²) < 4.78 is 0. The molecule has 0 N–H and O–H groups in total. The lowest BCUT2D eigenvalue weighted by molar-refractivity contribution is -0.135. The Labute approximate surface area is 187 Å². The minimum absolute atomic E-state index is 0.0219. The van der Waals surface area contributed by atoms with Gasteiger partial charge in [0.1, 0.15) is 0 Å². The quantitative estimate of drug-likeness (QED) is 0.724. The number of carbonyl (C=O) groups excluding carboxylic acids is 2. The number of carbonyl (C=O) groups is 2. The molecule has 0 aliphatic carbocycles. The first-order chi connectivity index (χ1) is 15.0. The lowest BCUT2D eigenvalue weighted by Crippen LogP contribution is -2.56. The molecule has 1 spiro atoms. The summed E-state index contributed by atoms with van der Waals surface area (Å²) in [7, 11) is 0. The number of likely N-dealkylation sites (tertiary alicyclic amines) is 1. The van der Waals surface area contributed by atoms with Crippen LogP contribution in [-0.4, -0.2) is 84.0 Å². The third kappa shape index (κ3) is 5.31. The van der Waals surface area contributed by atoms with Gasteiger partial charge in [0, 0.05) is 76.4 Å². The van der Waals surface area contributed by atoms with Crippen LogP contribution in [0.3, 0.4) is 0 Å². The number of pyridine rings is 1. The predicted octanol–water partition coefficient (Wildman–Crippen LogP) is 3.32. The number of aromatic nitrogens is 1. The second-order valence-electron chi connectivity index (χ2n) is 9.11. The second kappa shape index (κ2) is 10.3. The molecular formula is C24H39N5O2. The van der Waals surface area contributed by atoms with Crippen molar-refractivity contribution < 1.29 is 9.59 Å². The van der Waals surface area contributed by atoms with Crippen molar-refractivity contribution in [3.05, 3.63) is 24.5 Å². The van der Waals surface area contributed by atoms with Crippen LogP contribution in [0.4, 0.5) is 10.5 Å². The lowest BCUT2D eigenvalue weighted by atomic mass is 9.78. The molecule has 3 aliphatic rings. The number of anilines is 1. The average molecular weight is 430 g/mol. The molecule has 172 valence electrons. The van der Waals surface area contributed by atoms with Gasteiger partial charge in [0.2, 0.25) is 5.91 Å². The van der Waals surface area contributed by atoms with Gasteiger partial charge in [-0.25, -0.2) is 4.79 Å². The molecule has 31 heavy (non-hydrogen) atoms. The first-order valence-electron chi connectivity index (χ1n) is 12.0. The van der Waals surface area contributed by atoms with E-state index in [0.717, 1.165) is 39.0 Å². The zero-order valence-corrected chi connectivity index (χ0v) is 19.7. The topological polar surface area (TPSA) is 60.0 Å². The highest BCUT2D eigenvalue weighted by Gasteiger charge is 2.42. The fraction of sp³-hybridized carbons (Fsp3) is 0.708. The summed E-state index contributed by atoms with van der Waals surface area (Å²) in [6.45, 7) is 14.3. The minimum atomic E-state index is 0.0219. The van der Waals surface area contributed by atoms with Crippen LogP contribution >= 0.6 is 0 Å². The van der Waals surface area contributed by atoms with Crippen molar-refractivity contribution in [3.8, 4) is 0 Å². The molecule has 4 heterocycles. The summed E-state index contributed by atoms with van der Waals surface area (Å²) in [4.78, 5) is 37.6. The number of hydrogen-bond donors (Lipinski definition) is 0. The van der Waals surface area contributed by atoms with Crippen LogP contribution < -0.4 is 4.90 Å². The van der Waals surface area contributed by atoms with Gasteiger partial charge in [-0.05, 0) is 36.8 Å². The van der Waals surface area contributed by atoms with E-state index in [1.54, 1.807) is 0 Å². The molecule has 0 aromatic carbocycles. The van der Waals surface area contributed by atoms with E-state index in [2.05, 4.69) is 22.0 Å². The van der Waals surface area contributed by atoms with E-state index in [-0.39, 0.29) is 17.9 Å². The highest BCUT2D eigenvalue weighted by Crippen LogP contribution is 2.42. The van der Waals surface area contributed by atoms with E-state index in [9.17, 15) is 9.59 Å². The molecule has 0 saturated carbocycles. The molecule has 0 atom stereocenters. The summed E-state index contributed by atoms with van der Waals surface area (Å²) >= 11 is 0. The van der Waals surface area contributed by atoms with Crippen LogP contribution in [0.1, 0.15) is 47.0 Å². The third-order valence-corrected chi connectivity index (χ3v) is 6.92. The van der Waals surface area contributed by atoms with Gasteiger partial charge in [-0.3, -0.25) is 9.78 Å². The van der Waals surface area contributed by atoms with Crippen LogP contribution in [0.2, 0.25) is 0 Å². The monoisotopic (exact) mass is 429 g/mol. The zero-order chi connectivity index (χ0) is 22.4. The first-order valence-corrected chi connectivity index (χ1v) is 12.0. The van der Waals surface area contributed by atoms with E-state index in [1.165, 1.54) is 12.1 Å². The van der Waals surface area contributed by atoms with Gasteiger partial charge in [0.05, 0.1) is 0 Å². The Morgan fingerprint density at radius 1 is 0.839 bits per heavy atom. The van der Waals surface area contributed by atoms with Crippen molar-refractivity contribution in [2.75, 3.05) is 57.3 Å². The van der Waals surface area contributed by atoms with E-state index < -0.39 is 0 Å². The Hall–Kier alpha value is -2.31. The van der Waals surface area contributed by atoms with E-state index >= 15 is 0 Å². The maximum atomic E-state index is 13.0. The number of nitrogens with zero attached hydrogens (tertiary/aromatic N) is 5. The Balaban J connectivity index is 0.00000132. The molecule has 0 radical (unpaired) electrons. The SMILES string of the molecule is CC.CC(C)C(=O)N1CCN(C(=O)N2CCC3(CC2)CCN(c2ccncc2)C3)CC1.